The van der Waals surface area contributed by atoms with Crippen LogP contribution >= 0.6 is 31.9 Å². The van der Waals surface area contributed by atoms with Crippen molar-refractivity contribution in [1.29, 1.82) is 5.26 Å². The van der Waals surface area contributed by atoms with Crippen molar-refractivity contribution in [2.75, 3.05) is 5.32 Å². The van der Waals surface area contributed by atoms with Gasteiger partial charge < -0.3 is 5.32 Å². The van der Waals surface area contributed by atoms with Gasteiger partial charge in [0, 0.05) is 14.6 Å². The molecule has 1 N–H and O–H groups in total. The smallest absolute Gasteiger partial charge is 0.140 e. The molecule has 1 atom stereocenters. The summed E-state index contributed by atoms with van der Waals surface area (Å²) < 4.78 is 1.92. The summed E-state index contributed by atoms with van der Waals surface area (Å²) in [5.41, 5.74) is 3.04. The van der Waals surface area contributed by atoms with E-state index in [1.807, 2.05) is 49.4 Å². The summed E-state index contributed by atoms with van der Waals surface area (Å²) in [4.78, 5) is 0. The SMILES string of the molecule is Cc1cccc(NC(C#N)c2ccc(Br)c(Br)c2)c1. The van der Waals surface area contributed by atoms with Gasteiger partial charge in [0.1, 0.15) is 6.04 Å². The van der Waals surface area contributed by atoms with Crippen molar-refractivity contribution in [2.45, 2.75) is 13.0 Å². The Kier molecular flexibility index (Phi) is 4.62. The van der Waals surface area contributed by atoms with Crippen molar-refractivity contribution in [3.63, 3.8) is 0 Å². The molecule has 2 aromatic rings. The highest BCUT2D eigenvalue weighted by molar-refractivity contribution is 9.13. The standard InChI is InChI=1S/C15H12Br2N2/c1-10-3-2-4-12(7-10)19-15(9-18)11-5-6-13(16)14(17)8-11/h2-8,15,19H,1H3. The molecule has 0 heterocycles. The maximum absolute atomic E-state index is 9.33. The second-order valence-electron chi connectivity index (χ2n) is 4.25. The zero-order valence-corrected chi connectivity index (χ0v) is 13.5. The molecule has 0 bridgehead atoms. The molecule has 4 heteroatoms. The molecule has 0 radical (unpaired) electrons. The molecule has 0 saturated heterocycles. The van der Waals surface area contributed by atoms with Crippen molar-refractivity contribution in [2.24, 2.45) is 0 Å². The first-order valence-electron chi connectivity index (χ1n) is 5.78. The predicted molar refractivity (Wildman–Crippen MR) is 85.0 cm³/mol. The molecule has 2 nitrogen and oxygen atoms in total. The van der Waals surface area contributed by atoms with Crippen molar-refractivity contribution in [1.82, 2.24) is 0 Å². The minimum atomic E-state index is -0.369. The van der Waals surface area contributed by atoms with E-state index < -0.39 is 0 Å². The van der Waals surface area contributed by atoms with E-state index in [9.17, 15) is 5.26 Å². The van der Waals surface area contributed by atoms with Gasteiger partial charge in [0.2, 0.25) is 0 Å². The molecule has 0 spiro atoms. The van der Waals surface area contributed by atoms with Crippen molar-refractivity contribution in [3.05, 3.63) is 62.5 Å². The third-order valence-corrected chi connectivity index (χ3v) is 4.61. The summed E-state index contributed by atoms with van der Waals surface area (Å²) in [6.45, 7) is 2.03. The summed E-state index contributed by atoms with van der Waals surface area (Å²) in [6.07, 6.45) is 0. The van der Waals surface area contributed by atoms with Crippen LogP contribution in [-0.4, -0.2) is 0 Å². The lowest BCUT2D eigenvalue weighted by molar-refractivity contribution is 0.994. The van der Waals surface area contributed by atoms with Crippen LogP contribution in [0.5, 0.6) is 0 Å². The quantitative estimate of drug-likeness (QED) is 0.795. The number of nitrogens with zero attached hydrogens (tertiary/aromatic N) is 1. The van der Waals surface area contributed by atoms with E-state index in [0.29, 0.717) is 0 Å². The van der Waals surface area contributed by atoms with Gasteiger partial charge in [-0.15, -0.1) is 0 Å². The van der Waals surface area contributed by atoms with Gasteiger partial charge in [0.05, 0.1) is 6.07 Å². The van der Waals surface area contributed by atoms with Gasteiger partial charge in [0.15, 0.2) is 0 Å². The summed E-state index contributed by atoms with van der Waals surface area (Å²) in [5, 5.41) is 12.6. The van der Waals surface area contributed by atoms with Crippen LogP contribution in [0, 0.1) is 18.3 Å². The molecule has 2 rings (SSSR count). The molecule has 0 aliphatic rings. The maximum Gasteiger partial charge on any atom is 0.140 e. The highest BCUT2D eigenvalue weighted by Crippen LogP contribution is 2.28. The van der Waals surface area contributed by atoms with Crippen LogP contribution in [0.4, 0.5) is 5.69 Å². The van der Waals surface area contributed by atoms with Crippen LogP contribution in [0.2, 0.25) is 0 Å². The zero-order chi connectivity index (χ0) is 13.8. The minimum absolute atomic E-state index is 0.369. The Balaban J connectivity index is 2.25. The average Bonchev–Trinajstić information content (AvgIpc) is 2.39. The van der Waals surface area contributed by atoms with Gasteiger partial charge in [-0.1, -0.05) is 18.2 Å². The number of halogens is 2. The molecule has 0 aliphatic heterocycles. The van der Waals surface area contributed by atoms with Crippen LogP contribution in [-0.2, 0) is 0 Å². The second kappa shape index (κ2) is 6.23. The Morgan fingerprint density at radius 1 is 1.11 bits per heavy atom. The molecule has 0 aromatic heterocycles. The Morgan fingerprint density at radius 3 is 2.53 bits per heavy atom. The number of anilines is 1. The first kappa shape index (κ1) is 14.1. The second-order valence-corrected chi connectivity index (χ2v) is 5.96. The molecule has 19 heavy (non-hydrogen) atoms. The number of benzene rings is 2. The molecule has 1 unspecified atom stereocenters. The lowest BCUT2D eigenvalue weighted by Crippen LogP contribution is -2.08. The van der Waals surface area contributed by atoms with Gasteiger partial charge in [-0.05, 0) is 74.2 Å². The van der Waals surface area contributed by atoms with E-state index in [1.54, 1.807) is 0 Å². The summed E-state index contributed by atoms with van der Waals surface area (Å²) in [7, 11) is 0. The minimum Gasteiger partial charge on any atom is -0.366 e. The van der Waals surface area contributed by atoms with Crippen LogP contribution in [0.15, 0.2) is 51.4 Å². The van der Waals surface area contributed by atoms with Gasteiger partial charge in [-0.2, -0.15) is 5.26 Å². The highest BCUT2D eigenvalue weighted by Gasteiger charge is 2.11. The van der Waals surface area contributed by atoms with E-state index >= 15 is 0 Å². The number of nitrogens with one attached hydrogen (secondary N) is 1. The Hall–Kier alpha value is -1.31. The third-order valence-electron chi connectivity index (χ3n) is 2.74. The van der Waals surface area contributed by atoms with E-state index in [-0.39, 0.29) is 6.04 Å². The average molecular weight is 380 g/mol. The number of hydrogen-bond acceptors (Lipinski definition) is 2. The van der Waals surface area contributed by atoms with Crippen molar-refractivity contribution >= 4 is 37.5 Å². The van der Waals surface area contributed by atoms with Gasteiger partial charge >= 0.3 is 0 Å². The molecule has 0 aliphatic carbocycles. The topological polar surface area (TPSA) is 35.8 Å². The van der Waals surface area contributed by atoms with Gasteiger partial charge in [0.25, 0.3) is 0 Å². The fraction of sp³-hybridized carbons (Fsp3) is 0.133. The number of rotatable bonds is 3. The molecule has 96 valence electrons. The largest absolute Gasteiger partial charge is 0.366 e. The summed E-state index contributed by atoms with van der Waals surface area (Å²) in [5.74, 6) is 0. The number of hydrogen-bond donors (Lipinski definition) is 1. The molecule has 0 fully saturated rings. The summed E-state index contributed by atoms with van der Waals surface area (Å²) >= 11 is 6.88. The van der Waals surface area contributed by atoms with E-state index in [4.69, 9.17) is 0 Å². The first-order chi connectivity index (χ1) is 9.10. The number of aryl methyl sites for hydroxylation is 1. The molecule has 0 saturated carbocycles. The first-order valence-corrected chi connectivity index (χ1v) is 7.36. The summed E-state index contributed by atoms with van der Waals surface area (Å²) in [6, 6.07) is 15.7. The van der Waals surface area contributed by atoms with Crippen LogP contribution in [0.25, 0.3) is 0 Å². The normalized spacial score (nSPS) is 11.7. The zero-order valence-electron chi connectivity index (χ0n) is 10.3. The molecular formula is C15H12Br2N2. The van der Waals surface area contributed by atoms with Crippen molar-refractivity contribution in [3.8, 4) is 6.07 Å². The Bertz CT molecular complexity index is 632. The Labute approximate surface area is 129 Å². The van der Waals surface area contributed by atoms with E-state index in [0.717, 1.165) is 20.2 Å². The molecular weight excluding hydrogens is 368 g/mol. The monoisotopic (exact) mass is 378 g/mol. The predicted octanol–water partition coefficient (Wildman–Crippen LogP) is 5.20. The van der Waals surface area contributed by atoms with Crippen LogP contribution in [0.3, 0.4) is 0 Å². The third kappa shape index (κ3) is 3.59. The van der Waals surface area contributed by atoms with Crippen molar-refractivity contribution < 1.29 is 0 Å². The maximum atomic E-state index is 9.33. The molecule has 0 amide bonds. The highest BCUT2D eigenvalue weighted by atomic mass is 79.9. The molecule has 2 aromatic carbocycles. The van der Waals surface area contributed by atoms with Gasteiger partial charge in [-0.3, -0.25) is 0 Å². The fourth-order valence-electron chi connectivity index (χ4n) is 1.78. The van der Waals surface area contributed by atoms with E-state index in [2.05, 4.69) is 43.2 Å². The fourth-order valence-corrected chi connectivity index (χ4v) is 2.43. The Morgan fingerprint density at radius 2 is 1.89 bits per heavy atom. The van der Waals surface area contributed by atoms with Gasteiger partial charge in [-0.25, -0.2) is 0 Å². The van der Waals surface area contributed by atoms with E-state index in [1.165, 1.54) is 5.56 Å². The number of nitriles is 1. The lowest BCUT2D eigenvalue weighted by atomic mass is 10.1. The lowest BCUT2D eigenvalue weighted by Gasteiger charge is -2.14. The van der Waals surface area contributed by atoms with Crippen LogP contribution < -0.4 is 5.32 Å². The van der Waals surface area contributed by atoms with Crippen LogP contribution in [0.1, 0.15) is 17.2 Å².